The summed E-state index contributed by atoms with van der Waals surface area (Å²) in [5, 5.41) is 0.686. The van der Waals surface area contributed by atoms with Crippen molar-refractivity contribution in [2.45, 2.75) is 18.2 Å². The number of benzene rings is 2. The van der Waals surface area contributed by atoms with E-state index in [2.05, 4.69) is 0 Å². The van der Waals surface area contributed by atoms with Crippen LogP contribution in [0.25, 0.3) is 11.1 Å². The summed E-state index contributed by atoms with van der Waals surface area (Å²) in [4.78, 5) is 0.382. The highest BCUT2D eigenvalue weighted by Crippen LogP contribution is 2.23. The van der Waals surface area contributed by atoms with Crippen LogP contribution in [0.5, 0.6) is 0 Å². The van der Waals surface area contributed by atoms with E-state index < -0.39 is 9.84 Å². The van der Waals surface area contributed by atoms with Gasteiger partial charge < -0.3 is 0 Å². The van der Waals surface area contributed by atoms with Gasteiger partial charge in [-0.3, -0.25) is 0 Å². The average molecular weight is 295 g/mol. The molecule has 0 unspecified atom stereocenters. The van der Waals surface area contributed by atoms with Gasteiger partial charge in [0.05, 0.1) is 10.6 Å². The van der Waals surface area contributed by atoms with Gasteiger partial charge in [0.25, 0.3) is 0 Å². The van der Waals surface area contributed by atoms with Gasteiger partial charge >= 0.3 is 0 Å². The molecule has 0 saturated heterocycles. The van der Waals surface area contributed by atoms with E-state index >= 15 is 0 Å². The van der Waals surface area contributed by atoms with Crippen molar-refractivity contribution in [2.24, 2.45) is 0 Å². The first-order valence-corrected chi connectivity index (χ1v) is 8.15. The zero-order valence-electron chi connectivity index (χ0n) is 10.6. The Morgan fingerprint density at radius 3 is 1.84 bits per heavy atom. The Balaban J connectivity index is 2.31. The van der Waals surface area contributed by atoms with Crippen LogP contribution in [0.15, 0.2) is 53.4 Å². The molecule has 0 radical (unpaired) electrons. The molecule has 0 fully saturated rings. The zero-order chi connectivity index (χ0) is 13.9. The fourth-order valence-electron chi connectivity index (χ4n) is 1.88. The third kappa shape index (κ3) is 3.37. The second kappa shape index (κ2) is 5.76. The van der Waals surface area contributed by atoms with E-state index in [0.717, 1.165) is 11.1 Å². The summed E-state index contributed by atoms with van der Waals surface area (Å²) in [5.41, 5.74) is 2.00. The summed E-state index contributed by atoms with van der Waals surface area (Å²) in [7, 11) is -3.14. The lowest BCUT2D eigenvalue weighted by atomic mass is 10.1. The Labute approximate surface area is 119 Å². The maximum Gasteiger partial charge on any atom is 0.178 e. The van der Waals surface area contributed by atoms with Crippen LogP contribution in [0.3, 0.4) is 0 Å². The van der Waals surface area contributed by atoms with E-state index in [4.69, 9.17) is 11.6 Å². The second-order valence-electron chi connectivity index (χ2n) is 4.35. The largest absolute Gasteiger partial charge is 0.224 e. The number of hydrogen-bond donors (Lipinski definition) is 0. The summed E-state index contributed by atoms with van der Waals surface area (Å²) in [6, 6.07) is 14.4. The van der Waals surface area contributed by atoms with Crippen molar-refractivity contribution in [2.75, 3.05) is 5.75 Å². The fourth-order valence-corrected chi connectivity index (χ4v) is 3.33. The molecular weight excluding hydrogens is 280 g/mol. The molecule has 0 aliphatic heterocycles. The van der Waals surface area contributed by atoms with Crippen molar-refractivity contribution in [1.29, 1.82) is 0 Å². The predicted octanol–water partition coefficient (Wildman–Crippen LogP) is 4.19. The van der Waals surface area contributed by atoms with Gasteiger partial charge in [0, 0.05) is 5.02 Å². The highest BCUT2D eigenvalue weighted by molar-refractivity contribution is 7.91. The van der Waals surface area contributed by atoms with Crippen molar-refractivity contribution in [3.63, 3.8) is 0 Å². The van der Waals surface area contributed by atoms with Gasteiger partial charge in [-0.25, -0.2) is 8.42 Å². The Morgan fingerprint density at radius 1 is 0.895 bits per heavy atom. The summed E-state index contributed by atoms with van der Waals surface area (Å²) in [5.74, 6) is 0.188. The smallest absolute Gasteiger partial charge is 0.178 e. The van der Waals surface area contributed by atoms with E-state index in [1.807, 2.05) is 43.3 Å². The maximum absolute atomic E-state index is 11.9. The molecule has 0 spiro atoms. The molecule has 0 aliphatic carbocycles. The average Bonchev–Trinajstić information content (AvgIpc) is 2.40. The quantitative estimate of drug-likeness (QED) is 0.847. The lowest BCUT2D eigenvalue weighted by Crippen LogP contribution is -2.05. The fraction of sp³-hybridized carbons (Fsp3) is 0.200. The van der Waals surface area contributed by atoms with E-state index in [0.29, 0.717) is 16.3 Å². The van der Waals surface area contributed by atoms with Crippen LogP contribution < -0.4 is 0 Å². The number of sulfone groups is 1. The molecule has 2 nitrogen and oxygen atoms in total. The van der Waals surface area contributed by atoms with Crippen molar-refractivity contribution in [3.8, 4) is 11.1 Å². The molecule has 2 aromatic rings. The molecule has 19 heavy (non-hydrogen) atoms. The minimum Gasteiger partial charge on any atom is -0.224 e. The zero-order valence-corrected chi connectivity index (χ0v) is 12.2. The molecule has 2 aromatic carbocycles. The minimum atomic E-state index is -3.14. The topological polar surface area (TPSA) is 34.1 Å². The molecule has 0 bridgehead atoms. The van der Waals surface area contributed by atoms with Gasteiger partial charge in [-0.15, -0.1) is 0 Å². The van der Waals surface area contributed by atoms with Crippen LogP contribution in [-0.2, 0) is 9.84 Å². The van der Waals surface area contributed by atoms with Gasteiger partial charge in [0.15, 0.2) is 9.84 Å². The van der Waals surface area contributed by atoms with Crippen molar-refractivity contribution >= 4 is 21.4 Å². The predicted molar refractivity (Wildman–Crippen MR) is 79.2 cm³/mol. The van der Waals surface area contributed by atoms with Crippen molar-refractivity contribution < 1.29 is 8.42 Å². The number of rotatable bonds is 4. The molecule has 0 aliphatic rings. The Hall–Kier alpha value is -1.32. The van der Waals surface area contributed by atoms with Gasteiger partial charge in [0.1, 0.15) is 0 Å². The Morgan fingerprint density at radius 2 is 1.37 bits per heavy atom. The third-order valence-electron chi connectivity index (χ3n) is 2.86. The summed E-state index contributed by atoms with van der Waals surface area (Å²) < 4.78 is 23.8. The van der Waals surface area contributed by atoms with Crippen LogP contribution in [0.1, 0.15) is 13.3 Å². The highest BCUT2D eigenvalue weighted by atomic mass is 35.5. The normalized spacial score (nSPS) is 11.5. The van der Waals surface area contributed by atoms with Gasteiger partial charge in [-0.2, -0.15) is 0 Å². The molecular formula is C15H15ClO2S. The Bertz CT molecular complexity index is 644. The molecule has 0 saturated carbocycles. The maximum atomic E-state index is 11.9. The van der Waals surface area contributed by atoms with Gasteiger partial charge in [-0.05, 0) is 41.8 Å². The minimum absolute atomic E-state index is 0.188. The van der Waals surface area contributed by atoms with Crippen molar-refractivity contribution in [3.05, 3.63) is 53.6 Å². The summed E-state index contributed by atoms with van der Waals surface area (Å²) >= 11 is 5.84. The molecule has 0 atom stereocenters. The number of hydrogen-bond acceptors (Lipinski definition) is 2. The van der Waals surface area contributed by atoms with Crippen LogP contribution in [-0.4, -0.2) is 14.2 Å². The highest BCUT2D eigenvalue weighted by Gasteiger charge is 2.12. The summed E-state index contributed by atoms with van der Waals surface area (Å²) in [6.45, 7) is 1.86. The molecule has 4 heteroatoms. The lowest BCUT2D eigenvalue weighted by molar-refractivity contribution is 0.595. The van der Waals surface area contributed by atoms with Gasteiger partial charge in [0.2, 0.25) is 0 Å². The van der Waals surface area contributed by atoms with Crippen LogP contribution in [0, 0.1) is 0 Å². The molecule has 2 rings (SSSR count). The first-order valence-electron chi connectivity index (χ1n) is 6.11. The van der Waals surface area contributed by atoms with Crippen LogP contribution in [0.4, 0.5) is 0 Å². The molecule has 0 heterocycles. The summed E-state index contributed by atoms with van der Waals surface area (Å²) in [6.07, 6.45) is 0.626. The number of halogens is 1. The van der Waals surface area contributed by atoms with E-state index in [1.165, 1.54) is 0 Å². The first kappa shape index (κ1) is 14.1. The monoisotopic (exact) mass is 294 g/mol. The van der Waals surface area contributed by atoms with Crippen LogP contribution in [0.2, 0.25) is 5.02 Å². The van der Waals surface area contributed by atoms with Crippen LogP contribution >= 0.6 is 11.6 Å². The first-order chi connectivity index (χ1) is 9.03. The second-order valence-corrected chi connectivity index (χ2v) is 6.90. The SMILES string of the molecule is CCCS(=O)(=O)c1ccc(-c2ccc(Cl)cc2)cc1. The van der Waals surface area contributed by atoms with E-state index in [9.17, 15) is 8.42 Å². The van der Waals surface area contributed by atoms with E-state index in [-0.39, 0.29) is 5.75 Å². The van der Waals surface area contributed by atoms with Crippen molar-refractivity contribution in [1.82, 2.24) is 0 Å². The standard InChI is InChI=1S/C15H15ClO2S/c1-2-11-19(17,18)15-9-5-13(6-10-15)12-3-7-14(16)8-4-12/h3-10H,2,11H2,1H3. The van der Waals surface area contributed by atoms with E-state index in [1.54, 1.807) is 12.1 Å². The molecule has 0 amide bonds. The van der Waals surface area contributed by atoms with Gasteiger partial charge in [-0.1, -0.05) is 42.8 Å². The Kier molecular flexibility index (Phi) is 4.27. The third-order valence-corrected chi connectivity index (χ3v) is 5.05. The molecule has 0 aromatic heterocycles. The lowest BCUT2D eigenvalue weighted by Gasteiger charge is -2.05. The molecule has 100 valence electrons. The molecule has 0 N–H and O–H groups in total.